The fourth-order valence-electron chi connectivity index (χ4n) is 3.85. The number of hydrogen-bond acceptors (Lipinski definition) is 3. The predicted octanol–water partition coefficient (Wildman–Crippen LogP) is 6.16. The van der Waals surface area contributed by atoms with Crippen molar-refractivity contribution in [2.24, 2.45) is 0 Å². The van der Waals surface area contributed by atoms with Crippen LogP contribution >= 0.6 is 23.2 Å². The van der Waals surface area contributed by atoms with Crippen molar-refractivity contribution in [2.75, 3.05) is 11.1 Å². The van der Waals surface area contributed by atoms with Crippen LogP contribution in [0.4, 0.5) is 5.69 Å². The average Bonchev–Trinajstić information content (AvgIpc) is 3.23. The first-order valence-electron chi connectivity index (χ1n) is 10.2. The van der Waals surface area contributed by atoms with Crippen LogP contribution in [0.15, 0.2) is 66.4 Å². The van der Waals surface area contributed by atoms with E-state index in [9.17, 15) is 13.2 Å². The lowest BCUT2D eigenvalue weighted by Crippen LogP contribution is -2.22. The largest absolute Gasteiger partial charge is 0.361 e. The summed E-state index contributed by atoms with van der Waals surface area (Å²) in [6, 6.07) is 11.2. The van der Waals surface area contributed by atoms with Gasteiger partial charge in [0.05, 0.1) is 21.7 Å². The average molecular weight is 489 g/mol. The van der Waals surface area contributed by atoms with E-state index in [4.69, 9.17) is 23.2 Å². The Hall–Kier alpha value is -2.54. The van der Waals surface area contributed by atoms with Crippen molar-refractivity contribution in [1.29, 1.82) is 0 Å². The van der Waals surface area contributed by atoms with E-state index in [1.807, 2.05) is 30.5 Å². The van der Waals surface area contributed by atoms with E-state index in [1.165, 1.54) is 0 Å². The molecule has 3 aromatic rings. The molecule has 1 aliphatic rings. The number of carbonyl (C=O) groups is 1. The Balaban J connectivity index is 1.48. The second kappa shape index (κ2) is 9.14. The number of H-pyrrole nitrogens is 1. The minimum absolute atomic E-state index is 0.0990. The lowest BCUT2D eigenvalue weighted by molar-refractivity contribution is -0.115. The monoisotopic (exact) mass is 488 g/mol. The topological polar surface area (TPSA) is 79.0 Å². The first-order valence-corrected chi connectivity index (χ1v) is 12.7. The zero-order valence-electron chi connectivity index (χ0n) is 17.4. The molecule has 4 rings (SSSR count). The third-order valence-electron chi connectivity index (χ3n) is 5.56. The number of hydrogen-bond donors (Lipinski definition) is 2. The Morgan fingerprint density at radius 3 is 2.59 bits per heavy atom. The number of fused-ring (bicyclic) bond motifs is 1. The summed E-state index contributed by atoms with van der Waals surface area (Å²) in [6.07, 6.45) is 7.55. The minimum atomic E-state index is -3.13. The SMILES string of the molecule is CCS(=O)(=O)C1C=CC(CC(=O)Nc2cc(Cl)c(-c3cccc4[nH]ccc34)c(Cl)c2)=CC1. The summed E-state index contributed by atoms with van der Waals surface area (Å²) in [4.78, 5) is 15.7. The van der Waals surface area contributed by atoms with Crippen LogP contribution in [0.1, 0.15) is 19.8 Å². The van der Waals surface area contributed by atoms with Crippen molar-refractivity contribution in [3.63, 3.8) is 0 Å². The van der Waals surface area contributed by atoms with Crippen molar-refractivity contribution in [2.45, 2.75) is 25.0 Å². The van der Waals surface area contributed by atoms with Crippen molar-refractivity contribution < 1.29 is 13.2 Å². The van der Waals surface area contributed by atoms with Crippen LogP contribution in [0.2, 0.25) is 10.0 Å². The molecule has 32 heavy (non-hydrogen) atoms. The fourth-order valence-corrected chi connectivity index (χ4v) is 5.68. The van der Waals surface area contributed by atoms with E-state index in [0.717, 1.165) is 22.0 Å². The molecule has 8 heteroatoms. The number of nitrogens with one attached hydrogen (secondary N) is 2. The number of sulfone groups is 1. The van der Waals surface area contributed by atoms with Crippen LogP contribution in [-0.4, -0.2) is 30.3 Å². The van der Waals surface area contributed by atoms with Gasteiger partial charge in [0.25, 0.3) is 0 Å². The van der Waals surface area contributed by atoms with Gasteiger partial charge in [-0.2, -0.15) is 0 Å². The zero-order chi connectivity index (χ0) is 22.9. The molecule has 0 bridgehead atoms. The summed E-state index contributed by atoms with van der Waals surface area (Å²) >= 11 is 13.1. The highest BCUT2D eigenvalue weighted by Gasteiger charge is 2.22. The highest BCUT2D eigenvalue weighted by Crippen LogP contribution is 2.40. The van der Waals surface area contributed by atoms with Crippen LogP contribution in [0.5, 0.6) is 0 Å². The standard InChI is InChI=1S/C24H22Cl2N2O3S/c1-2-32(30,31)17-8-6-15(7-9-17)12-23(29)28-16-13-20(25)24(21(26)14-16)19-4-3-5-22-18(19)10-11-27-22/h3-8,10-11,13-14,17,27H,2,9,12H2,1H3,(H,28,29). The maximum atomic E-state index is 12.5. The predicted molar refractivity (Wildman–Crippen MR) is 132 cm³/mol. The number of anilines is 1. The summed E-state index contributed by atoms with van der Waals surface area (Å²) < 4.78 is 24.0. The summed E-state index contributed by atoms with van der Waals surface area (Å²) in [5.74, 6) is -0.132. The molecule has 0 saturated heterocycles. The molecule has 0 radical (unpaired) electrons. The third-order valence-corrected chi connectivity index (χ3v) is 8.23. The second-order valence-corrected chi connectivity index (χ2v) is 11.0. The quantitative estimate of drug-likeness (QED) is 0.435. The number of aromatic amines is 1. The van der Waals surface area contributed by atoms with E-state index in [-0.39, 0.29) is 18.1 Å². The van der Waals surface area contributed by atoms with Crippen molar-refractivity contribution in [3.8, 4) is 11.1 Å². The van der Waals surface area contributed by atoms with Gasteiger partial charge in [0.1, 0.15) is 0 Å². The van der Waals surface area contributed by atoms with Gasteiger partial charge >= 0.3 is 0 Å². The summed E-state index contributed by atoms with van der Waals surface area (Å²) in [5.41, 5.74) is 3.87. The molecule has 2 aromatic carbocycles. The fraction of sp³-hybridized carbons (Fsp3) is 0.208. The molecule has 1 aliphatic carbocycles. The molecule has 1 atom stereocenters. The number of allylic oxidation sites excluding steroid dienone is 2. The maximum absolute atomic E-state index is 12.5. The molecule has 1 aromatic heterocycles. The highest BCUT2D eigenvalue weighted by molar-refractivity contribution is 7.92. The van der Waals surface area contributed by atoms with E-state index < -0.39 is 15.1 Å². The van der Waals surface area contributed by atoms with Crippen molar-refractivity contribution >= 4 is 55.5 Å². The minimum Gasteiger partial charge on any atom is -0.361 e. The molecule has 1 heterocycles. The Labute approximate surface area is 197 Å². The van der Waals surface area contributed by atoms with Gasteiger partial charge in [0, 0.05) is 34.1 Å². The van der Waals surface area contributed by atoms with Gasteiger partial charge in [-0.3, -0.25) is 4.79 Å². The molecule has 0 saturated carbocycles. The molecular weight excluding hydrogens is 467 g/mol. The normalized spacial score (nSPS) is 16.2. The van der Waals surface area contributed by atoms with E-state index in [0.29, 0.717) is 27.7 Å². The summed E-state index contributed by atoms with van der Waals surface area (Å²) in [6.45, 7) is 1.64. The van der Waals surface area contributed by atoms with Crippen LogP contribution in [0.25, 0.3) is 22.0 Å². The van der Waals surface area contributed by atoms with Gasteiger partial charge in [-0.25, -0.2) is 8.42 Å². The van der Waals surface area contributed by atoms with Gasteiger partial charge < -0.3 is 10.3 Å². The Morgan fingerprint density at radius 2 is 1.94 bits per heavy atom. The Kier molecular flexibility index (Phi) is 6.47. The number of amides is 1. The van der Waals surface area contributed by atoms with Crippen LogP contribution in [0, 0.1) is 0 Å². The van der Waals surface area contributed by atoms with Gasteiger partial charge in [-0.05, 0) is 41.8 Å². The summed E-state index contributed by atoms with van der Waals surface area (Å²) in [7, 11) is -3.13. The molecule has 166 valence electrons. The Bertz CT molecular complexity index is 1330. The number of halogens is 2. The van der Waals surface area contributed by atoms with Crippen molar-refractivity contribution in [1.82, 2.24) is 4.98 Å². The molecule has 1 amide bonds. The van der Waals surface area contributed by atoms with E-state index in [2.05, 4.69) is 10.3 Å². The Morgan fingerprint density at radius 1 is 1.19 bits per heavy atom. The molecule has 0 aliphatic heterocycles. The van der Waals surface area contributed by atoms with E-state index >= 15 is 0 Å². The van der Waals surface area contributed by atoms with Crippen LogP contribution in [0.3, 0.4) is 0 Å². The lowest BCUT2D eigenvalue weighted by atomic mass is 10.0. The molecule has 2 N–H and O–H groups in total. The van der Waals surface area contributed by atoms with Gasteiger partial charge in [0.15, 0.2) is 9.84 Å². The lowest BCUT2D eigenvalue weighted by Gasteiger charge is -2.16. The molecule has 0 fully saturated rings. The summed E-state index contributed by atoms with van der Waals surface area (Å²) in [5, 5.41) is 4.19. The number of benzene rings is 2. The van der Waals surface area contributed by atoms with E-state index in [1.54, 1.807) is 37.3 Å². The first kappa shape index (κ1) is 22.6. The first-order chi connectivity index (χ1) is 15.3. The molecule has 1 unspecified atom stereocenters. The zero-order valence-corrected chi connectivity index (χ0v) is 19.7. The smallest absolute Gasteiger partial charge is 0.228 e. The van der Waals surface area contributed by atoms with Gasteiger partial charge in [0.2, 0.25) is 5.91 Å². The number of carbonyl (C=O) groups excluding carboxylic acids is 1. The highest BCUT2D eigenvalue weighted by atomic mass is 35.5. The number of rotatable bonds is 6. The second-order valence-electron chi connectivity index (χ2n) is 7.65. The van der Waals surface area contributed by atoms with Crippen molar-refractivity contribution in [3.05, 3.63) is 76.4 Å². The number of aromatic nitrogens is 1. The van der Waals surface area contributed by atoms with Crippen LogP contribution in [-0.2, 0) is 14.6 Å². The maximum Gasteiger partial charge on any atom is 0.228 e. The molecular formula is C24H22Cl2N2O3S. The molecule has 0 spiro atoms. The molecule has 5 nitrogen and oxygen atoms in total. The van der Waals surface area contributed by atoms with Gasteiger partial charge in [-0.1, -0.05) is 60.5 Å². The van der Waals surface area contributed by atoms with Crippen LogP contribution < -0.4 is 5.32 Å². The third kappa shape index (κ3) is 4.63. The van der Waals surface area contributed by atoms with Gasteiger partial charge in [-0.15, -0.1) is 0 Å².